The highest BCUT2D eigenvalue weighted by Crippen LogP contribution is 2.21. The van der Waals surface area contributed by atoms with Crippen molar-refractivity contribution in [3.63, 3.8) is 0 Å². The Hall–Kier alpha value is -2.62. The monoisotopic (exact) mass is 339 g/mol. The van der Waals surface area contributed by atoms with E-state index in [0.717, 1.165) is 11.1 Å². The normalized spacial score (nSPS) is 12.3. The number of ether oxygens (including phenoxy) is 1. The Kier molecular flexibility index (Phi) is 5.97. The van der Waals surface area contributed by atoms with Crippen molar-refractivity contribution in [1.29, 1.82) is 0 Å². The van der Waals surface area contributed by atoms with Gasteiger partial charge in [-0.25, -0.2) is 4.79 Å². The molecule has 132 valence electrons. The molecule has 4 heteroatoms. The molecule has 2 aromatic carbocycles. The van der Waals surface area contributed by atoms with Crippen molar-refractivity contribution >= 4 is 11.9 Å². The fourth-order valence-electron chi connectivity index (χ4n) is 2.57. The van der Waals surface area contributed by atoms with Crippen molar-refractivity contribution < 1.29 is 14.3 Å². The number of ketones is 1. The topological polar surface area (TPSA) is 55.4 Å². The molecule has 0 saturated heterocycles. The van der Waals surface area contributed by atoms with Gasteiger partial charge in [-0.05, 0) is 38.8 Å². The van der Waals surface area contributed by atoms with Crippen molar-refractivity contribution in [3.8, 4) is 0 Å². The number of carbonyl (C=O) groups excluding carboxylic acids is 2. The van der Waals surface area contributed by atoms with Crippen LogP contribution in [0.5, 0.6) is 0 Å². The number of rotatable bonds is 5. The molecular weight excluding hydrogens is 314 g/mol. The maximum Gasteiger partial charge on any atom is 0.408 e. The number of hydrogen-bond acceptors (Lipinski definition) is 3. The Labute approximate surface area is 149 Å². The first-order valence-corrected chi connectivity index (χ1v) is 8.39. The van der Waals surface area contributed by atoms with Gasteiger partial charge < -0.3 is 10.1 Å². The molecule has 1 atom stereocenters. The fourth-order valence-corrected chi connectivity index (χ4v) is 2.57. The van der Waals surface area contributed by atoms with Crippen LogP contribution in [0.1, 0.15) is 54.7 Å². The van der Waals surface area contributed by atoms with E-state index in [1.54, 1.807) is 0 Å². The van der Waals surface area contributed by atoms with Crippen molar-refractivity contribution in [1.82, 2.24) is 5.32 Å². The maximum atomic E-state index is 12.7. The quantitative estimate of drug-likeness (QED) is 0.794. The third kappa shape index (κ3) is 5.75. The summed E-state index contributed by atoms with van der Waals surface area (Å²) in [5.74, 6) is -0.0111. The predicted molar refractivity (Wildman–Crippen MR) is 98.7 cm³/mol. The van der Waals surface area contributed by atoms with E-state index >= 15 is 0 Å². The van der Waals surface area contributed by atoms with Crippen LogP contribution in [0.2, 0.25) is 0 Å². The lowest BCUT2D eigenvalue weighted by Crippen LogP contribution is -2.35. The van der Waals surface area contributed by atoms with E-state index in [2.05, 4.69) is 5.32 Å². The van der Waals surface area contributed by atoms with Crippen LogP contribution >= 0.6 is 0 Å². The molecule has 2 rings (SSSR count). The van der Waals surface area contributed by atoms with E-state index < -0.39 is 17.7 Å². The van der Waals surface area contributed by atoms with E-state index in [1.807, 2.05) is 82.3 Å². The summed E-state index contributed by atoms with van der Waals surface area (Å²) >= 11 is 0. The van der Waals surface area contributed by atoms with E-state index in [9.17, 15) is 9.59 Å². The number of hydrogen-bond donors (Lipinski definition) is 1. The molecule has 1 amide bonds. The zero-order valence-electron chi connectivity index (χ0n) is 15.2. The van der Waals surface area contributed by atoms with Gasteiger partial charge in [0, 0.05) is 12.0 Å². The molecule has 0 aliphatic rings. The van der Waals surface area contributed by atoms with E-state index in [4.69, 9.17) is 4.74 Å². The van der Waals surface area contributed by atoms with Gasteiger partial charge in [-0.3, -0.25) is 4.79 Å². The van der Waals surface area contributed by atoms with Crippen LogP contribution < -0.4 is 5.32 Å². The highest BCUT2D eigenvalue weighted by Gasteiger charge is 2.23. The van der Waals surface area contributed by atoms with Gasteiger partial charge in [0.05, 0.1) is 6.04 Å². The highest BCUT2D eigenvalue weighted by atomic mass is 16.6. The van der Waals surface area contributed by atoms with E-state index in [0.29, 0.717) is 5.56 Å². The first-order chi connectivity index (χ1) is 11.8. The minimum atomic E-state index is -0.592. The standard InChI is InChI=1S/C21H25NO3/c1-15-10-8-9-13-17(15)19(23)14-18(16-11-6-5-7-12-16)22-20(24)25-21(2,3)4/h5-13,18H,14H2,1-4H3,(H,22,24)/t18-/m1/s1. The van der Waals surface area contributed by atoms with Gasteiger partial charge in [-0.15, -0.1) is 0 Å². The zero-order chi connectivity index (χ0) is 18.4. The Morgan fingerprint density at radius 3 is 2.20 bits per heavy atom. The number of alkyl carbamates (subject to hydrolysis) is 1. The van der Waals surface area contributed by atoms with E-state index in [1.165, 1.54) is 0 Å². The zero-order valence-corrected chi connectivity index (χ0v) is 15.2. The largest absolute Gasteiger partial charge is 0.444 e. The second kappa shape index (κ2) is 7.97. The predicted octanol–water partition coefficient (Wildman–Crippen LogP) is 4.83. The number of Topliss-reactive ketones (excluding diaryl/α,β-unsaturated/α-hetero) is 1. The van der Waals surface area contributed by atoms with Gasteiger partial charge >= 0.3 is 6.09 Å². The highest BCUT2D eigenvalue weighted by molar-refractivity contribution is 5.98. The average Bonchev–Trinajstić information content (AvgIpc) is 2.53. The van der Waals surface area contributed by atoms with Crippen LogP contribution in [0, 0.1) is 6.92 Å². The first kappa shape index (κ1) is 18.7. The number of benzene rings is 2. The van der Waals surface area contributed by atoms with Crippen LogP contribution in [0.4, 0.5) is 4.79 Å². The molecule has 0 unspecified atom stereocenters. The molecule has 0 bridgehead atoms. The summed E-state index contributed by atoms with van der Waals surface area (Å²) in [7, 11) is 0. The van der Waals surface area contributed by atoms with Crippen LogP contribution in [-0.2, 0) is 4.74 Å². The molecule has 0 heterocycles. The Balaban J connectivity index is 2.19. The van der Waals surface area contributed by atoms with Crippen molar-refractivity contribution in [2.75, 3.05) is 0 Å². The lowest BCUT2D eigenvalue weighted by molar-refractivity contribution is 0.0501. The number of carbonyl (C=O) groups is 2. The maximum absolute atomic E-state index is 12.7. The smallest absolute Gasteiger partial charge is 0.408 e. The Bertz CT molecular complexity index is 732. The molecule has 1 N–H and O–H groups in total. The molecule has 4 nitrogen and oxygen atoms in total. The minimum Gasteiger partial charge on any atom is -0.444 e. The molecule has 0 aromatic heterocycles. The first-order valence-electron chi connectivity index (χ1n) is 8.39. The third-order valence-electron chi connectivity index (χ3n) is 3.73. The minimum absolute atomic E-state index is 0.0111. The third-order valence-corrected chi connectivity index (χ3v) is 3.73. The molecule has 0 radical (unpaired) electrons. The molecule has 0 aliphatic heterocycles. The van der Waals surface area contributed by atoms with Crippen molar-refractivity contribution in [2.45, 2.75) is 45.8 Å². The Morgan fingerprint density at radius 1 is 1.00 bits per heavy atom. The summed E-state index contributed by atoms with van der Waals surface area (Å²) < 4.78 is 5.34. The van der Waals surface area contributed by atoms with Crippen molar-refractivity contribution in [2.24, 2.45) is 0 Å². The van der Waals surface area contributed by atoms with Gasteiger partial charge in [0.1, 0.15) is 5.60 Å². The van der Waals surface area contributed by atoms with Crippen LogP contribution in [0.15, 0.2) is 54.6 Å². The molecular formula is C21H25NO3. The fraction of sp³-hybridized carbons (Fsp3) is 0.333. The summed E-state index contributed by atoms with van der Waals surface area (Å²) in [6.45, 7) is 7.33. The van der Waals surface area contributed by atoms with Gasteiger partial charge in [-0.2, -0.15) is 0 Å². The SMILES string of the molecule is Cc1ccccc1C(=O)C[C@@H](NC(=O)OC(C)(C)C)c1ccccc1. The van der Waals surface area contributed by atoms with Gasteiger partial charge in [0.25, 0.3) is 0 Å². The summed E-state index contributed by atoms with van der Waals surface area (Å²) in [6, 6.07) is 16.5. The van der Waals surface area contributed by atoms with Crippen LogP contribution in [0.25, 0.3) is 0 Å². The number of aryl methyl sites for hydroxylation is 1. The number of amides is 1. The van der Waals surface area contributed by atoms with Gasteiger partial charge in [-0.1, -0.05) is 54.6 Å². The Morgan fingerprint density at radius 2 is 1.60 bits per heavy atom. The molecule has 0 saturated carbocycles. The van der Waals surface area contributed by atoms with Crippen molar-refractivity contribution in [3.05, 3.63) is 71.3 Å². The van der Waals surface area contributed by atoms with Crippen LogP contribution in [0.3, 0.4) is 0 Å². The summed E-state index contributed by atoms with van der Waals surface area (Å²) in [5, 5.41) is 2.83. The second-order valence-corrected chi connectivity index (χ2v) is 7.05. The number of nitrogens with one attached hydrogen (secondary N) is 1. The lowest BCUT2D eigenvalue weighted by Gasteiger charge is -2.24. The summed E-state index contributed by atoms with van der Waals surface area (Å²) in [5.41, 5.74) is 1.88. The molecule has 2 aromatic rings. The molecule has 0 aliphatic carbocycles. The average molecular weight is 339 g/mol. The van der Waals surface area contributed by atoms with Gasteiger partial charge in [0.15, 0.2) is 5.78 Å². The molecule has 0 spiro atoms. The van der Waals surface area contributed by atoms with Crippen LogP contribution in [-0.4, -0.2) is 17.5 Å². The summed E-state index contributed by atoms with van der Waals surface area (Å²) in [4.78, 5) is 24.9. The van der Waals surface area contributed by atoms with E-state index in [-0.39, 0.29) is 12.2 Å². The molecule has 25 heavy (non-hydrogen) atoms. The molecule has 0 fully saturated rings. The summed E-state index contributed by atoms with van der Waals surface area (Å²) in [6.07, 6.45) is -0.354. The van der Waals surface area contributed by atoms with Gasteiger partial charge in [0.2, 0.25) is 0 Å². The second-order valence-electron chi connectivity index (χ2n) is 7.05. The lowest BCUT2D eigenvalue weighted by atomic mass is 9.96.